The highest BCUT2D eigenvalue weighted by molar-refractivity contribution is 5.92. The van der Waals surface area contributed by atoms with Crippen molar-refractivity contribution in [2.75, 3.05) is 18.6 Å². The third-order valence-corrected chi connectivity index (χ3v) is 4.90. The maximum atomic E-state index is 12.5. The molecule has 1 aromatic heterocycles. The van der Waals surface area contributed by atoms with Gasteiger partial charge in [-0.15, -0.1) is 0 Å². The molecule has 3 aromatic rings. The van der Waals surface area contributed by atoms with Gasteiger partial charge in [0.2, 0.25) is 5.95 Å². The first-order chi connectivity index (χ1) is 13.7. The van der Waals surface area contributed by atoms with Crippen LogP contribution in [0.2, 0.25) is 0 Å². The Morgan fingerprint density at radius 1 is 1.11 bits per heavy atom. The number of carbonyl (C=O) groups excluding carboxylic acids is 1. The molecule has 0 spiro atoms. The minimum atomic E-state index is -0.211. The minimum absolute atomic E-state index is 0.211. The fraction of sp³-hybridized carbons (Fsp3) is 0.227. The van der Waals surface area contributed by atoms with Gasteiger partial charge in [0.1, 0.15) is 11.4 Å². The summed E-state index contributed by atoms with van der Waals surface area (Å²) in [5.41, 5.74) is 4.02. The first kappa shape index (κ1) is 18.0. The molecular formula is C22H22N4O2. The van der Waals surface area contributed by atoms with E-state index in [0.29, 0.717) is 18.2 Å². The van der Waals surface area contributed by atoms with Crippen LogP contribution in [0.1, 0.15) is 27.2 Å². The third kappa shape index (κ3) is 3.96. The molecule has 1 aliphatic rings. The van der Waals surface area contributed by atoms with Gasteiger partial charge in [-0.1, -0.05) is 36.4 Å². The van der Waals surface area contributed by atoms with E-state index >= 15 is 0 Å². The van der Waals surface area contributed by atoms with Crippen molar-refractivity contribution < 1.29 is 9.53 Å². The summed E-state index contributed by atoms with van der Waals surface area (Å²) in [4.78, 5) is 23.5. The molecule has 28 heavy (non-hydrogen) atoms. The Morgan fingerprint density at radius 2 is 1.89 bits per heavy atom. The zero-order valence-electron chi connectivity index (χ0n) is 15.8. The molecule has 0 saturated carbocycles. The summed E-state index contributed by atoms with van der Waals surface area (Å²) in [5.74, 6) is 1.17. The zero-order valence-corrected chi connectivity index (χ0v) is 15.8. The number of fused-ring (bicyclic) bond motifs is 1. The maximum Gasteiger partial charge on any atom is 0.270 e. The normalized spacial score (nSPS) is 13.0. The van der Waals surface area contributed by atoms with Crippen LogP contribution in [-0.4, -0.2) is 29.5 Å². The van der Waals surface area contributed by atoms with Gasteiger partial charge in [-0.25, -0.2) is 9.97 Å². The Kier molecular flexibility index (Phi) is 5.19. The van der Waals surface area contributed by atoms with Crippen LogP contribution in [0.25, 0.3) is 0 Å². The van der Waals surface area contributed by atoms with Crippen LogP contribution in [0.4, 0.5) is 5.95 Å². The van der Waals surface area contributed by atoms with E-state index in [1.165, 1.54) is 11.1 Å². The van der Waals surface area contributed by atoms with Gasteiger partial charge in [-0.3, -0.25) is 4.79 Å². The molecule has 0 radical (unpaired) electrons. The molecule has 2 heterocycles. The van der Waals surface area contributed by atoms with Crippen molar-refractivity contribution in [3.63, 3.8) is 0 Å². The number of anilines is 1. The number of aromatic nitrogens is 2. The number of benzene rings is 2. The molecule has 0 fully saturated rings. The Labute approximate surface area is 164 Å². The molecule has 0 saturated heterocycles. The second-order valence-electron chi connectivity index (χ2n) is 6.71. The van der Waals surface area contributed by atoms with E-state index in [1.807, 2.05) is 30.3 Å². The fourth-order valence-electron chi connectivity index (χ4n) is 3.31. The lowest BCUT2D eigenvalue weighted by Gasteiger charge is -2.28. The van der Waals surface area contributed by atoms with Crippen molar-refractivity contribution in [2.24, 2.45) is 0 Å². The van der Waals surface area contributed by atoms with Crippen LogP contribution in [0.15, 0.2) is 60.8 Å². The third-order valence-electron chi connectivity index (χ3n) is 4.90. The molecule has 0 aliphatic carbocycles. The molecule has 6 nitrogen and oxygen atoms in total. The molecule has 1 amide bonds. The lowest BCUT2D eigenvalue weighted by atomic mass is 10.0. The molecule has 0 atom stereocenters. The van der Waals surface area contributed by atoms with Gasteiger partial charge in [0.05, 0.1) is 7.11 Å². The summed E-state index contributed by atoms with van der Waals surface area (Å²) >= 11 is 0. The second-order valence-corrected chi connectivity index (χ2v) is 6.71. The number of methoxy groups -OCH3 is 1. The molecular weight excluding hydrogens is 352 g/mol. The van der Waals surface area contributed by atoms with Crippen LogP contribution in [0, 0.1) is 0 Å². The predicted molar refractivity (Wildman–Crippen MR) is 107 cm³/mol. The van der Waals surface area contributed by atoms with Crippen LogP contribution < -0.4 is 15.0 Å². The lowest BCUT2D eigenvalue weighted by Crippen LogP contribution is -2.32. The van der Waals surface area contributed by atoms with Gasteiger partial charge in [-0.05, 0) is 41.3 Å². The summed E-state index contributed by atoms with van der Waals surface area (Å²) in [6, 6.07) is 17.7. The Morgan fingerprint density at radius 3 is 2.68 bits per heavy atom. The quantitative estimate of drug-likeness (QED) is 0.744. The van der Waals surface area contributed by atoms with Gasteiger partial charge >= 0.3 is 0 Å². The fourth-order valence-corrected chi connectivity index (χ4v) is 3.31. The summed E-state index contributed by atoms with van der Waals surface area (Å²) in [7, 11) is 1.63. The summed E-state index contributed by atoms with van der Waals surface area (Å²) in [5, 5.41) is 2.91. The number of hydrogen-bond acceptors (Lipinski definition) is 5. The monoisotopic (exact) mass is 374 g/mol. The molecule has 1 N–H and O–H groups in total. The van der Waals surface area contributed by atoms with Crippen molar-refractivity contribution in [3.8, 4) is 5.75 Å². The minimum Gasteiger partial charge on any atom is -0.497 e. The van der Waals surface area contributed by atoms with Gasteiger partial charge in [0.15, 0.2) is 0 Å². The number of amides is 1. The highest BCUT2D eigenvalue weighted by atomic mass is 16.5. The van der Waals surface area contributed by atoms with Crippen LogP contribution in [0.5, 0.6) is 5.75 Å². The number of rotatable bonds is 5. The van der Waals surface area contributed by atoms with Crippen molar-refractivity contribution >= 4 is 11.9 Å². The van der Waals surface area contributed by atoms with Crippen molar-refractivity contribution in [1.29, 1.82) is 0 Å². The predicted octanol–water partition coefficient (Wildman–Crippen LogP) is 2.98. The highest BCUT2D eigenvalue weighted by Crippen LogP contribution is 2.21. The SMILES string of the molecule is COc1ccc(CNC(=O)c2ccnc(N3CCc4ccccc4C3)n2)cc1. The van der Waals surface area contributed by atoms with Gasteiger partial charge < -0.3 is 15.0 Å². The lowest BCUT2D eigenvalue weighted by molar-refractivity contribution is 0.0946. The molecule has 6 heteroatoms. The summed E-state index contributed by atoms with van der Waals surface area (Å²) < 4.78 is 5.15. The number of nitrogens with one attached hydrogen (secondary N) is 1. The van der Waals surface area contributed by atoms with E-state index < -0.39 is 0 Å². The molecule has 142 valence electrons. The zero-order chi connectivity index (χ0) is 19.3. The van der Waals surface area contributed by atoms with Crippen LogP contribution in [-0.2, 0) is 19.5 Å². The van der Waals surface area contributed by atoms with E-state index in [9.17, 15) is 4.79 Å². The van der Waals surface area contributed by atoms with E-state index in [2.05, 4.69) is 38.4 Å². The number of ether oxygens (including phenoxy) is 1. The van der Waals surface area contributed by atoms with E-state index in [1.54, 1.807) is 19.4 Å². The number of carbonyl (C=O) groups is 1. The van der Waals surface area contributed by atoms with E-state index in [0.717, 1.165) is 30.8 Å². The molecule has 1 aliphatic heterocycles. The summed E-state index contributed by atoms with van der Waals surface area (Å²) in [6.07, 6.45) is 2.60. The Bertz CT molecular complexity index is 972. The first-order valence-electron chi connectivity index (χ1n) is 9.29. The molecule has 0 bridgehead atoms. The largest absolute Gasteiger partial charge is 0.497 e. The smallest absolute Gasteiger partial charge is 0.270 e. The molecule has 0 unspecified atom stereocenters. The van der Waals surface area contributed by atoms with Gasteiger partial charge in [-0.2, -0.15) is 0 Å². The summed E-state index contributed by atoms with van der Waals surface area (Å²) in [6.45, 7) is 2.03. The van der Waals surface area contributed by atoms with E-state index in [-0.39, 0.29) is 5.91 Å². The van der Waals surface area contributed by atoms with Crippen molar-refractivity contribution in [3.05, 3.63) is 83.2 Å². The Balaban J connectivity index is 1.42. The van der Waals surface area contributed by atoms with Crippen LogP contribution >= 0.6 is 0 Å². The Hall–Kier alpha value is -3.41. The second kappa shape index (κ2) is 8.08. The highest BCUT2D eigenvalue weighted by Gasteiger charge is 2.19. The van der Waals surface area contributed by atoms with Crippen molar-refractivity contribution in [1.82, 2.24) is 15.3 Å². The number of hydrogen-bond donors (Lipinski definition) is 1. The average molecular weight is 374 g/mol. The van der Waals surface area contributed by atoms with E-state index in [4.69, 9.17) is 4.74 Å². The first-order valence-corrected chi connectivity index (χ1v) is 9.29. The van der Waals surface area contributed by atoms with Gasteiger partial charge in [0, 0.05) is 25.8 Å². The molecule has 2 aromatic carbocycles. The standard InChI is InChI=1S/C22H22N4O2/c1-28-19-8-6-16(7-9-19)14-24-21(27)20-10-12-23-22(25-20)26-13-11-17-4-2-3-5-18(17)15-26/h2-10,12H,11,13-15H2,1H3,(H,24,27). The number of nitrogens with zero attached hydrogens (tertiary/aromatic N) is 3. The van der Waals surface area contributed by atoms with Crippen molar-refractivity contribution in [2.45, 2.75) is 19.5 Å². The van der Waals surface area contributed by atoms with Gasteiger partial charge in [0.25, 0.3) is 5.91 Å². The maximum absolute atomic E-state index is 12.5. The topological polar surface area (TPSA) is 67.3 Å². The van der Waals surface area contributed by atoms with Crippen LogP contribution in [0.3, 0.4) is 0 Å². The average Bonchev–Trinajstić information content (AvgIpc) is 2.77. The molecule has 4 rings (SSSR count).